The lowest BCUT2D eigenvalue weighted by Gasteiger charge is -2.08. The van der Waals surface area contributed by atoms with Crippen LogP contribution in [0.1, 0.15) is 17.0 Å². The fraction of sp³-hybridized carbons (Fsp3) is 0.182. The van der Waals surface area contributed by atoms with Gasteiger partial charge < -0.3 is 5.73 Å². The molecule has 0 aliphatic rings. The first-order valence-corrected chi connectivity index (χ1v) is 5.41. The number of aryl methyl sites for hydroxylation is 1. The third-order valence-corrected chi connectivity index (χ3v) is 3.03. The van der Waals surface area contributed by atoms with Crippen molar-refractivity contribution in [2.45, 2.75) is 13.8 Å². The van der Waals surface area contributed by atoms with Crippen LogP contribution in [-0.4, -0.2) is 20.6 Å². The molecule has 0 fully saturated rings. The summed E-state index contributed by atoms with van der Waals surface area (Å²) in [5.74, 6) is 0.476. The summed E-state index contributed by atoms with van der Waals surface area (Å²) in [5, 5.41) is 12.4. The van der Waals surface area contributed by atoms with Gasteiger partial charge in [-0.2, -0.15) is 5.10 Å². The Labute approximate surface area is 104 Å². The lowest BCUT2D eigenvalue weighted by atomic mass is 10.2. The molecule has 2 heterocycles. The van der Waals surface area contributed by atoms with Crippen LogP contribution < -0.4 is 5.73 Å². The molecule has 0 bridgehead atoms. The molecule has 0 saturated heterocycles. The van der Waals surface area contributed by atoms with Crippen LogP contribution in [0, 0.1) is 19.3 Å². The Kier molecular flexibility index (Phi) is 2.85. The van der Waals surface area contributed by atoms with Crippen LogP contribution in [0.5, 0.6) is 0 Å². The van der Waals surface area contributed by atoms with Crippen LogP contribution >= 0.6 is 11.6 Å². The lowest BCUT2D eigenvalue weighted by molar-refractivity contribution is 0.804. The molecule has 0 aliphatic heterocycles. The average Bonchev–Trinajstić information content (AvgIpc) is 2.57. The molecule has 0 atom stereocenters. The third-order valence-electron chi connectivity index (χ3n) is 2.48. The molecule has 0 radical (unpaired) electrons. The van der Waals surface area contributed by atoms with Crippen molar-refractivity contribution >= 4 is 17.4 Å². The van der Waals surface area contributed by atoms with E-state index in [4.69, 9.17) is 22.7 Å². The van der Waals surface area contributed by atoms with Crippen molar-refractivity contribution in [1.82, 2.24) is 14.8 Å². The number of nitrogens with zero attached hydrogens (tertiary/aromatic N) is 3. The van der Waals surface area contributed by atoms with Gasteiger partial charge in [0.2, 0.25) is 0 Å². The van der Waals surface area contributed by atoms with E-state index in [1.165, 1.54) is 0 Å². The zero-order valence-corrected chi connectivity index (χ0v) is 10.3. The van der Waals surface area contributed by atoms with Crippen LogP contribution in [-0.2, 0) is 0 Å². The summed E-state index contributed by atoms with van der Waals surface area (Å²) in [4.78, 5) is 4.21. The molecular formula is C11H12ClN5. The number of pyridine rings is 1. The zero-order chi connectivity index (χ0) is 12.6. The molecular weight excluding hydrogens is 238 g/mol. The van der Waals surface area contributed by atoms with Crippen LogP contribution in [0.3, 0.4) is 0 Å². The first-order valence-electron chi connectivity index (χ1n) is 5.04. The quantitative estimate of drug-likeness (QED) is 0.629. The maximum absolute atomic E-state index is 7.52. The Hall–Kier alpha value is -1.88. The Morgan fingerprint density at radius 1 is 1.47 bits per heavy atom. The van der Waals surface area contributed by atoms with Crippen LogP contribution in [0.4, 0.5) is 0 Å². The van der Waals surface area contributed by atoms with Gasteiger partial charge >= 0.3 is 0 Å². The summed E-state index contributed by atoms with van der Waals surface area (Å²) in [7, 11) is 0. The largest absolute Gasteiger partial charge is 0.384 e. The Morgan fingerprint density at radius 3 is 2.71 bits per heavy atom. The summed E-state index contributed by atoms with van der Waals surface area (Å²) in [6.07, 6.45) is 1.63. The number of hydrogen-bond donors (Lipinski definition) is 2. The number of aromatic nitrogens is 3. The molecule has 0 aliphatic carbocycles. The standard InChI is InChI=1S/C11H12ClN5/c1-6-9(12)7(2)17(16-6)11-8(10(13)14)4-3-5-15-11/h3-5H,1-2H3,(H3,13,14). The highest BCUT2D eigenvalue weighted by Gasteiger charge is 2.15. The summed E-state index contributed by atoms with van der Waals surface area (Å²) in [5.41, 5.74) is 7.56. The monoisotopic (exact) mass is 249 g/mol. The fourth-order valence-electron chi connectivity index (χ4n) is 1.61. The van der Waals surface area contributed by atoms with Gasteiger partial charge in [-0.15, -0.1) is 0 Å². The van der Waals surface area contributed by atoms with E-state index >= 15 is 0 Å². The number of nitrogen functional groups attached to an aromatic ring is 1. The van der Waals surface area contributed by atoms with Crippen molar-refractivity contribution in [2.24, 2.45) is 5.73 Å². The molecule has 3 N–H and O–H groups in total. The smallest absolute Gasteiger partial charge is 0.164 e. The van der Waals surface area contributed by atoms with Crippen molar-refractivity contribution < 1.29 is 0 Å². The molecule has 2 aromatic heterocycles. The van der Waals surface area contributed by atoms with E-state index in [0.29, 0.717) is 16.4 Å². The number of nitrogens with one attached hydrogen (secondary N) is 1. The second-order valence-corrected chi connectivity index (χ2v) is 4.06. The number of nitrogens with two attached hydrogens (primary N) is 1. The SMILES string of the molecule is Cc1nn(-c2ncccc2C(=N)N)c(C)c1Cl. The normalized spacial score (nSPS) is 10.5. The van der Waals surface area contributed by atoms with Gasteiger partial charge in [0.05, 0.1) is 22.0 Å². The van der Waals surface area contributed by atoms with Crippen molar-refractivity contribution in [3.05, 3.63) is 40.3 Å². The zero-order valence-electron chi connectivity index (χ0n) is 9.53. The van der Waals surface area contributed by atoms with Gasteiger partial charge in [-0.25, -0.2) is 9.67 Å². The van der Waals surface area contributed by atoms with Gasteiger partial charge in [0.25, 0.3) is 0 Å². The van der Waals surface area contributed by atoms with Crippen molar-refractivity contribution in [1.29, 1.82) is 5.41 Å². The first kappa shape index (κ1) is 11.6. The molecule has 88 valence electrons. The topological polar surface area (TPSA) is 80.6 Å². The van der Waals surface area contributed by atoms with Crippen LogP contribution in [0.15, 0.2) is 18.3 Å². The first-order chi connectivity index (χ1) is 8.02. The molecule has 0 aromatic carbocycles. The Bertz CT molecular complexity index is 588. The summed E-state index contributed by atoms with van der Waals surface area (Å²) in [6, 6.07) is 3.46. The third kappa shape index (κ3) is 1.89. The summed E-state index contributed by atoms with van der Waals surface area (Å²) < 4.78 is 1.61. The molecule has 2 aromatic rings. The van der Waals surface area contributed by atoms with E-state index in [-0.39, 0.29) is 5.84 Å². The van der Waals surface area contributed by atoms with Gasteiger partial charge in [-0.05, 0) is 26.0 Å². The molecule has 6 heteroatoms. The molecule has 17 heavy (non-hydrogen) atoms. The molecule has 0 saturated carbocycles. The second-order valence-electron chi connectivity index (χ2n) is 3.68. The number of rotatable bonds is 2. The molecule has 0 amide bonds. The van der Waals surface area contributed by atoms with E-state index in [9.17, 15) is 0 Å². The van der Waals surface area contributed by atoms with Gasteiger partial charge in [0.15, 0.2) is 5.82 Å². The maximum atomic E-state index is 7.52. The molecule has 0 spiro atoms. The minimum atomic E-state index is -0.0447. The van der Waals surface area contributed by atoms with Crippen molar-refractivity contribution in [3.63, 3.8) is 0 Å². The predicted octanol–water partition coefficient (Wildman–Crippen LogP) is 1.82. The summed E-state index contributed by atoms with van der Waals surface area (Å²) >= 11 is 6.08. The van der Waals surface area contributed by atoms with Gasteiger partial charge in [0, 0.05) is 6.20 Å². The van der Waals surface area contributed by atoms with Gasteiger partial charge in [0.1, 0.15) is 5.84 Å². The molecule has 0 unspecified atom stereocenters. The Morgan fingerprint density at radius 2 is 2.18 bits per heavy atom. The van der Waals surface area contributed by atoms with Crippen molar-refractivity contribution in [3.8, 4) is 5.82 Å². The predicted molar refractivity (Wildman–Crippen MR) is 66.9 cm³/mol. The van der Waals surface area contributed by atoms with E-state index < -0.39 is 0 Å². The highest BCUT2D eigenvalue weighted by molar-refractivity contribution is 6.31. The van der Waals surface area contributed by atoms with E-state index in [1.807, 2.05) is 13.8 Å². The van der Waals surface area contributed by atoms with E-state index in [2.05, 4.69) is 10.1 Å². The highest BCUT2D eigenvalue weighted by Crippen LogP contribution is 2.22. The van der Waals surface area contributed by atoms with E-state index in [1.54, 1.807) is 23.0 Å². The highest BCUT2D eigenvalue weighted by atomic mass is 35.5. The van der Waals surface area contributed by atoms with Crippen LogP contribution in [0.2, 0.25) is 5.02 Å². The van der Waals surface area contributed by atoms with Crippen molar-refractivity contribution in [2.75, 3.05) is 0 Å². The fourth-order valence-corrected chi connectivity index (χ4v) is 1.72. The van der Waals surface area contributed by atoms with Gasteiger partial charge in [-0.3, -0.25) is 5.41 Å². The number of hydrogen-bond acceptors (Lipinski definition) is 3. The minimum Gasteiger partial charge on any atom is -0.384 e. The van der Waals surface area contributed by atoms with Gasteiger partial charge in [-0.1, -0.05) is 11.6 Å². The summed E-state index contributed by atoms with van der Waals surface area (Å²) in [6.45, 7) is 3.67. The average molecular weight is 250 g/mol. The molecule has 2 rings (SSSR count). The lowest BCUT2D eigenvalue weighted by Crippen LogP contribution is -2.16. The maximum Gasteiger partial charge on any atom is 0.164 e. The molecule has 5 nitrogen and oxygen atoms in total. The number of halogens is 1. The second kappa shape index (κ2) is 4.18. The minimum absolute atomic E-state index is 0.0447. The van der Waals surface area contributed by atoms with Crippen LogP contribution in [0.25, 0.3) is 5.82 Å². The Balaban J connectivity index is 2.68. The number of amidine groups is 1. The van der Waals surface area contributed by atoms with E-state index in [0.717, 1.165) is 11.4 Å².